The first-order valence-corrected chi connectivity index (χ1v) is 11.2. The molecule has 2 heterocycles. The van der Waals surface area contributed by atoms with Crippen molar-refractivity contribution in [1.29, 1.82) is 0 Å². The van der Waals surface area contributed by atoms with Crippen molar-refractivity contribution in [2.75, 3.05) is 26.4 Å². The largest absolute Gasteiger partial charge is 0.573 e. The summed E-state index contributed by atoms with van der Waals surface area (Å²) in [5.41, 5.74) is 0.678. The average molecular weight is 447 g/mol. The molecule has 2 saturated heterocycles. The molecule has 0 atom stereocenters. The highest BCUT2D eigenvalue weighted by molar-refractivity contribution is 5.28. The number of hydrogen-bond donors (Lipinski definition) is 0. The summed E-state index contributed by atoms with van der Waals surface area (Å²) in [6, 6.07) is 5.60. The van der Waals surface area contributed by atoms with Crippen LogP contribution in [-0.2, 0) is 18.9 Å². The molecule has 176 valence electrons. The molecule has 0 spiro atoms. The van der Waals surface area contributed by atoms with E-state index in [9.17, 15) is 13.2 Å². The molecule has 0 radical (unpaired) electrons. The summed E-state index contributed by atoms with van der Waals surface area (Å²) in [5.74, 6) is 0.595. The Balaban J connectivity index is 1.27. The fraction of sp³-hybridized carbons (Fsp3) is 0.739. The van der Waals surface area contributed by atoms with Gasteiger partial charge in [0.15, 0.2) is 12.6 Å². The number of halogens is 3. The molecule has 0 saturated carbocycles. The van der Waals surface area contributed by atoms with E-state index >= 15 is 0 Å². The molecule has 3 rings (SSSR count). The van der Waals surface area contributed by atoms with Gasteiger partial charge in [-0.25, -0.2) is 0 Å². The molecular weight excluding hydrogens is 413 g/mol. The zero-order valence-electron chi connectivity index (χ0n) is 18.1. The Morgan fingerprint density at radius 1 is 0.806 bits per heavy atom. The van der Waals surface area contributed by atoms with Crippen LogP contribution < -0.4 is 4.74 Å². The second-order valence-corrected chi connectivity index (χ2v) is 8.37. The molecule has 1 aromatic carbocycles. The Kier molecular flexibility index (Phi) is 9.44. The molecule has 0 bridgehead atoms. The SMILES string of the molecule is CCCCC1COC(CCCCC2COC(c3ccc(OC(F)(F)F)cc3)OC2)OC1. The maximum atomic E-state index is 12.2. The van der Waals surface area contributed by atoms with E-state index in [1.165, 1.54) is 43.5 Å². The standard InChI is InChI=1S/C23H33F3O5/c1-2-3-6-17-13-27-21(28-14-17)8-5-4-7-18-15-29-22(30-16-18)19-9-11-20(12-10-19)31-23(24,25)26/h9-12,17-18,21-22H,2-8,13-16H2,1H3. The minimum atomic E-state index is -4.70. The monoisotopic (exact) mass is 446 g/mol. The van der Waals surface area contributed by atoms with Crippen molar-refractivity contribution >= 4 is 0 Å². The molecule has 2 aliphatic rings. The fourth-order valence-electron chi connectivity index (χ4n) is 3.88. The van der Waals surface area contributed by atoms with Crippen LogP contribution in [0.5, 0.6) is 5.75 Å². The summed E-state index contributed by atoms with van der Waals surface area (Å²) in [4.78, 5) is 0. The Bertz CT molecular complexity index is 621. The van der Waals surface area contributed by atoms with E-state index in [2.05, 4.69) is 11.7 Å². The molecule has 0 aliphatic carbocycles. The minimum absolute atomic E-state index is 0.0783. The zero-order chi connectivity index (χ0) is 22.1. The lowest BCUT2D eigenvalue weighted by atomic mass is 10.0. The Hall–Kier alpha value is -1.35. The zero-order valence-corrected chi connectivity index (χ0v) is 18.1. The van der Waals surface area contributed by atoms with E-state index in [0.717, 1.165) is 38.9 Å². The molecule has 5 nitrogen and oxygen atoms in total. The van der Waals surface area contributed by atoms with Crippen LogP contribution in [0.15, 0.2) is 24.3 Å². The number of alkyl halides is 3. The smallest absolute Gasteiger partial charge is 0.406 e. The van der Waals surface area contributed by atoms with E-state index in [-0.39, 0.29) is 12.0 Å². The van der Waals surface area contributed by atoms with Gasteiger partial charge in [-0.05, 0) is 37.8 Å². The van der Waals surface area contributed by atoms with Crippen molar-refractivity contribution in [2.24, 2.45) is 11.8 Å². The number of hydrogen-bond acceptors (Lipinski definition) is 5. The highest BCUT2D eigenvalue weighted by Gasteiger charge is 2.31. The lowest BCUT2D eigenvalue weighted by molar-refractivity contribution is -0.274. The van der Waals surface area contributed by atoms with Gasteiger partial charge in [-0.1, -0.05) is 38.3 Å². The van der Waals surface area contributed by atoms with E-state index in [1.807, 2.05) is 0 Å². The number of rotatable bonds is 10. The topological polar surface area (TPSA) is 46.2 Å². The van der Waals surface area contributed by atoms with Crippen LogP contribution in [0.4, 0.5) is 13.2 Å². The van der Waals surface area contributed by atoms with E-state index in [4.69, 9.17) is 18.9 Å². The molecule has 0 amide bonds. The number of benzene rings is 1. The first-order chi connectivity index (χ1) is 14.9. The van der Waals surface area contributed by atoms with Gasteiger partial charge in [-0.15, -0.1) is 13.2 Å². The van der Waals surface area contributed by atoms with Gasteiger partial charge < -0.3 is 23.7 Å². The third-order valence-corrected chi connectivity index (χ3v) is 5.66. The number of ether oxygens (including phenoxy) is 5. The normalized spacial score (nSPS) is 27.2. The minimum Gasteiger partial charge on any atom is -0.406 e. The summed E-state index contributed by atoms with van der Waals surface area (Å²) in [6.45, 7) is 4.95. The second-order valence-electron chi connectivity index (χ2n) is 8.37. The van der Waals surface area contributed by atoms with Crippen molar-refractivity contribution in [1.82, 2.24) is 0 Å². The van der Waals surface area contributed by atoms with Crippen molar-refractivity contribution in [2.45, 2.75) is 70.8 Å². The van der Waals surface area contributed by atoms with Gasteiger partial charge in [0.2, 0.25) is 0 Å². The summed E-state index contributed by atoms with van der Waals surface area (Å²) in [6.07, 6.45) is 2.27. The van der Waals surface area contributed by atoms with Crippen LogP contribution >= 0.6 is 0 Å². The highest BCUT2D eigenvalue weighted by atomic mass is 19.4. The van der Waals surface area contributed by atoms with Gasteiger partial charge in [-0.2, -0.15) is 0 Å². The second kappa shape index (κ2) is 12.0. The molecule has 2 aliphatic heterocycles. The average Bonchev–Trinajstić information content (AvgIpc) is 2.76. The van der Waals surface area contributed by atoms with Gasteiger partial charge in [-0.3, -0.25) is 0 Å². The third-order valence-electron chi connectivity index (χ3n) is 5.66. The third kappa shape index (κ3) is 8.60. The highest BCUT2D eigenvalue weighted by Crippen LogP contribution is 2.30. The molecule has 0 unspecified atom stereocenters. The lowest BCUT2D eigenvalue weighted by Crippen LogP contribution is -2.32. The van der Waals surface area contributed by atoms with E-state index < -0.39 is 12.7 Å². The van der Waals surface area contributed by atoms with Crippen molar-refractivity contribution in [3.05, 3.63) is 29.8 Å². The molecule has 0 N–H and O–H groups in total. The van der Waals surface area contributed by atoms with Crippen LogP contribution in [0.3, 0.4) is 0 Å². The van der Waals surface area contributed by atoms with E-state index in [1.54, 1.807) is 0 Å². The first-order valence-electron chi connectivity index (χ1n) is 11.2. The first kappa shape index (κ1) is 24.3. The number of unbranched alkanes of at least 4 members (excludes halogenated alkanes) is 2. The van der Waals surface area contributed by atoms with Crippen molar-refractivity contribution in [3.63, 3.8) is 0 Å². The molecule has 31 heavy (non-hydrogen) atoms. The summed E-state index contributed by atoms with van der Waals surface area (Å²) in [7, 11) is 0. The Morgan fingerprint density at radius 3 is 1.94 bits per heavy atom. The Labute approximate surface area is 182 Å². The van der Waals surface area contributed by atoms with Crippen LogP contribution in [0.25, 0.3) is 0 Å². The van der Waals surface area contributed by atoms with Gasteiger partial charge in [0.1, 0.15) is 5.75 Å². The summed E-state index contributed by atoms with van der Waals surface area (Å²) < 4.78 is 63.8. The summed E-state index contributed by atoms with van der Waals surface area (Å²) in [5, 5.41) is 0. The van der Waals surface area contributed by atoms with Crippen LogP contribution in [0.2, 0.25) is 0 Å². The predicted molar refractivity (Wildman–Crippen MR) is 108 cm³/mol. The Morgan fingerprint density at radius 2 is 1.35 bits per heavy atom. The molecule has 8 heteroatoms. The van der Waals surface area contributed by atoms with Crippen molar-refractivity contribution < 1.29 is 36.9 Å². The van der Waals surface area contributed by atoms with Crippen LogP contribution in [0, 0.1) is 11.8 Å². The predicted octanol–water partition coefficient (Wildman–Crippen LogP) is 5.99. The lowest BCUT2D eigenvalue weighted by Gasteiger charge is -2.30. The van der Waals surface area contributed by atoms with Crippen LogP contribution in [-0.4, -0.2) is 39.1 Å². The fourth-order valence-corrected chi connectivity index (χ4v) is 3.88. The summed E-state index contributed by atoms with van der Waals surface area (Å²) >= 11 is 0. The van der Waals surface area contributed by atoms with Crippen LogP contribution in [0.1, 0.15) is 63.7 Å². The maximum absolute atomic E-state index is 12.2. The quantitative estimate of drug-likeness (QED) is 0.414. The van der Waals surface area contributed by atoms with Gasteiger partial charge in [0.05, 0.1) is 26.4 Å². The molecule has 2 fully saturated rings. The molecule has 0 aromatic heterocycles. The maximum Gasteiger partial charge on any atom is 0.573 e. The van der Waals surface area contributed by atoms with Gasteiger partial charge in [0.25, 0.3) is 0 Å². The van der Waals surface area contributed by atoms with Gasteiger partial charge in [0, 0.05) is 17.4 Å². The van der Waals surface area contributed by atoms with Gasteiger partial charge >= 0.3 is 6.36 Å². The molecule has 1 aromatic rings. The van der Waals surface area contributed by atoms with E-state index in [0.29, 0.717) is 30.6 Å². The van der Waals surface area contributed by atoms with Crippen molar-refractivity contribution in [3.8, 4) is 5.75 Å². The molecular formula is C23H33F3O5.